The van der Waals surface area contributed by atoms with Gasteiger partial charge in [0.2, 0.25) is 17.7 Å². The first-order chi connectivity index (χ1) is 10.9. The Morgan fingerprint density at radius 3 is 2.30 bits per heavy atom. The molecule has 126 valence electrons. The Labute approximate surface area is 137 Å². The molecule has 0 fully saturated rings. The first kappa shape index (κ1) is 18.7. The number of aryl methyl sites for hydroxylation is 2. The molecule has 23 heavy (non-hydrogen) atoms. The van der Waals surface area contributed by atoms with Crippen LogP contribution < -0.4 is 16.0 Å². The van der Waals surface area contributed by atoms with Gasteiger partial charge < -0.3 is 16.0 Å². The third-order valence-corrected chi connectivity index (χ3v) is 3.33. The van der Waals surface area contributed by atoms with Crippen molar-refractivity contribution in [3.8, 4) is 0 Å². The highest BCUT2D eigenvalue weighted by Gasteiger charge is 2.14. The van der Waals surface area contributed by atoms with E-state index in [0.717, 1.165) is 5.56 Å². The lowest BCUT2D eigenvalue weighted by molar-refractivity contribution is -0.129. The minimum Gasteiger partial charge on any atom is -0.355 e. The minimum absolute atomic E-state index is 0.128. The van der Waals surface area contributed by atoms with Gasteiger partial charge in [0.1, 0.15) is 6.04 Å². The molecule has 0 spiro atoms. The Kier molecular flexibility index (Phi) is 7.80. The summed E-state index contributed by atoms with van der Waals surface area (Å²) >= 11 is 0. The molecule has 1 unspecified atom stereocenters. The largest absolute Gasteiger partial charge is 0.355 e. The van der Waals surface area contributed by atoms with E-state index in [9.17, 15) is 14.4 Å². The Morgan fingerprint density at radius 1 is 1.04 bits per heavy atom. The number of carbonyl (C=O) groups is 3. The molecule has 1 aromatic carbocycles. The summed E-state index contributed by atoms with van der Waals surface area (Å²) in [7, 11) is 0. The molecule has 0 bridgehead atoms. The molecule has 1 rings (SSSR count). The smallest absolute Gasteiger partial charge is 0.242 e. The monoisotopic (exact) mass is 319 g/mol. The lowest BCUT2D eigenvalue weighted by Gasteiger charge is -2.13. The Morgan fingerprint density at radius 2 is 1.70 bits per heavy atom. The van der Waals surface area contributed by atoms with E-state index < -0.39 is 6.04 Å². The van der Waals surface area contributed by atoms with Gasteiger partial charge in [-0.05, 0) is 32.8 Å². The van der Waals surface area contributed by atoms with E-state index in [0.29, 0.717) is 19.4 Å². The number of hydrogen-bond donors (Lipinski definition) is 3. The van der Waals surface area contributed by atoms with Gasteiger partial charge in [0, 0.05) is 13.0 Å². The van der Waals surface area contributed by atoms with Crippen LogP contribution in [0.2, 0.25) is 0 Å². The van der Waals surface area contributed by atoms with Crippen LogP contribution in [0.4, 0.5) is 0 Å². The second kappa shape index (κ2) is 9.61. The molecule has 0 aliphatic heterocycles. The maximum Gasteiger partial charge on any atom is 0.242 e. The molecule has 0 aromatic heterocycles. The molecule has 1 aromatic rings. The zero-order valence-electron chi connectivity index (χ0n) is 13.9. The molecule has 6 nitrogen and oxygen atoms in total. The van der Waals surface area contributed by atoms with Gasteiger partial charge in [0.05, 0.1) is 6.54 Å². The third-order valence-electron chi connectivity index (χ3n) is 3.33. The molecular weight excluding hydrogens is 294 g/mol. The fourth-order valence-electron chi connectivity index (χ4n) is 1.97. The molecule has 1 atom stereocenters. The van der Waals surface area contributed by atoms with Crippen LogP contribution in [-0.2, 0) is 20.8 Å². The summed E-state index contributed by atoms with van der Waals surface area (Å²) < 4.78 is 0. The molecular formula is C17H25N3O3. The summed E-state index contributed by atoms with van der Waals surface area (Å²) in [5.41, 5.74) is 2.26. The first-order valence-corrected chi connectivity index (χ1v) is 7.81. The van der Waals surface area contributed by atoms with Crippen molar-refractivity contribution in [1.82, 2.24) is 16.0 Å². The Balaban J connectivity index is 2.25. The molecule has 3 amide bonds. The van der Waals surface area contributed by atoms with Crippen molar-refractivity contribution >= 4 is 17.7 Å². The third kappa shape index (κ3) is 7.44. The quantitative estimate of drug-likeness (QED) is 0.658. The van der Waals surface area contributed by atoms with Crippen molar-refractivity contribution in [3.63, 3.8) is 0 Å². The molecule has 0 saturated carbocycles. The highest BCUT2D eigenvalue weighted by Crippen LogP contribution is 2.05. The van der Waals surface area contributed by atoms with Gasteiger partial charge in [0.15, 0.2) is 0 Å². The lowest BCUT2D eigenvalue weighted by atomic mass is 10.1. The maximum atomic E-state index is 11.7. The number of rotatable bonds is 8. The van der Waals surface area contributed by atoms with Gasteiger partial charge in [-0.2, -0.15) is 0 Å². The van der Waals surface area contributed by atoms with Crippen molar-refractivity contribution in [2.75, 3.05) is 13.1 Å². The van der Waals surface area contributed by atoms with Gasteiger partial charge in [-0.3, -0.25) is 14.4 Å². The standard InChI is InChI=1S/C17H25N3O3/c1-4-18-17(23)13(3)20-16(22)11-19-15(21)10-9-14-7-5-12(2)6-8-14/h5-8,13H,4,9-11H2,1-3H3,(H,18,23)(H,19,21)(H,20,22). The topological polar surface area (TPSA) is 87.3 Å². The van der Waals surface area contributed by atoms with E-state index >= 15 is 0 Å². The fraction of sp³-hybridized carbons (Fsp3) is 0.471. The zero-order chi connectivity index (χ0) is 17.2. The number of carbonyl (C=O) groups excluding carboxylic acids is 3. The van der Waals surface area contributed by atoms with Crippen molar-refractivity contribution in [2.24, 2.45) is 0 Å². The number of likely N-dealkylation sites (N-methyl/N-ethyl adjacent to an activating group) is 1. The van der Waals surface area contributed by atoms with Crippen molar-refractivity contribution in [2.45, 2.75) is 39.7 Å². The number of benzene rings is 1. The Bertz CT molecular complexity index is 541. The SMILES string of the molecule is CCNC(=O)C(C)NC(=O)CNC(=O)CCc1ccc(C)cc1. The van der Waals surface area contributed by atoms with Gasteiger partial charge in [0.25, 0.3) is 0 Å². The normalized spacial score (nSPS) is 11.4. The van der Waals surface area contributed by atoms with E-state index in [1.54, 1.807) is 13.8 Å². The van der Waals surface area contributed by atoms with Crippen LogP contribution in [-0.4, -0.2) is 36.9 Å². The lowest BCUT2D eigenvalue weighted by Crippen LogP contribution is -2.47. The maximum absolute atomic E-state index is 11.7. The van der Waals surface area contributed by atoms with Crippen LogP contribution >= 0.6 is 0 Å². The van der Waals surface area contributed by atoms with Gasteiger partial charge in [-0.15, -0.1) is 0 Å². The second-order valence-electron chi connectivity index (χ2n) is 5.45. The summed E-state index contributed by atoms with van der Waals surface area (Å²) in [6.07, 6.45) is 0.950. The van der Waals surface area contributed by atoms with E-state index in [1.165, 1.54) is 5.56 Å². The summed E-state index contributed by atoms with van der Waals surface area (Å²) in [6, 6.07) is 7.37. The van der Waals surface area contributed by atoms with E-state index in [4.69, 9.17) is 0 Å². The summed E-state index contributed by atoms with van der Waals surface area (Å²) in [6.45, 7) is 5.80. The van der Waals surface area contributed by atoms with Crippen molar-refractivity contribution in [3.05, 3.63) is 35.4 Å². The molecule has 6 heteroatoms. The van der Waals surface area contributed by atoms with Crippen LogP contribution in [0.3, 0.4) is 0 Å². The average molecular weight is 319 g/mol. The fourth-order valence-corrected chi connectivity index (χ4v) is 1.97. The van der Waals surface area contributed by atoms with Gasteiger partial charge in [-0.1, -0.05) is 29.8 Å². The van der Waals surface area contributed by atoms with Crippen molar-refractivity contribution in [1.29, 1.82) is 0 Å². The summed E-state index contributed by atoms with van der Waals surface area (Å²) in [5.74, 6) is -0.814. The average Bonchev–Trinajstić information content (AvgIpc) is 2.52. The predicted octanol–water partition coefficient (Wildman–Crippen LogP) is 0.685. The van der Waals surface area contributed by atoms with Crippen LogP contribution in [0.5, 0.6) is 0 Å². The number of hydrogen-bond acceptors (Lipinski definition) is 3. The Hall–Kier alpha value is -2.37. The van der Waals surface area contributed by atoms with E-state index in [1.807, 2.05) is 31.2 Å². The van der Waals surface area contributed by atoms with Crippen LogP contribution in [0.25, 0.3) is 0 Å². The van der Waals surface area contributed by atoms with Crippen LogP contribution in [0.1, 0.15) is 31.4 Å². The minimum atomic E-state index is -0.619. The molecule has 3 N–H and O–H groups in total. The predicted molar refractivity (Wildman–Crippen MR) is 88.8 cm³/mol. The number of nitrogens with one attached hydrogen (secondary N) is 3. The van der Waals surface area contributed by atoms with E-state index in [-0.39, 0.29) is 24.3 Å². The molecule has 0 radical (unpaired) electrons. The first-order valence-electron chi connectivity index (χ1n) is 7.81. The highest BCUT2D eigenvalue weighted by molar-refractivity contribution is 5.89. The molecule has 0 aliphatic rings. The molecule has 0 saturated heterocycles. The zero-order valence-corrected chi connectivity index (χ0v) is 13.9. The van der Waals surface area contributed by atoms with Crippen LogP contribution in [0, 0.1) is 6.92 Å². The highest BCUT2D eigenvalue weighted by atomic mass is 16.2. The van der Waals surface area contributed by atoms with Gasteiger partial charge >= 0.3 is 0 Å². The second-order valence-corrected chi connectivity index (χ2v) is 5.45. The van der Waals surface area contributed by atoms with Gasteiger partial charge in [-0.25, -0.2) is 0 Å². The van der Waals surface area contributed by atoms with Crippen molar-refractivity contribution < 1.29 is 14.4 Å². The molecule has 0 aliphatic carbocycles. The van der Waals surface area contributed by atoms with Crippen LogP contribution in [0.15, 0.2) is 24.3 Å². The molecule has 0 heterocycles. The summed E-state index contributed by atoms with van der Waals surface area (Å²) in [4.78, 5) is 34.9. The van der Waals surface area contributed by atoms with E-state index in [2.05, 4.69) is 16.0 Å². The summed E-state index contributed by atoms with van der Waals surface area (Å²) in [5, 5.41) is 7.71. The number of amides is 3.